The minimum Gasteiger partial charge on any atom is -0.334 e. The normalized spacial score (nSPS) is 12.1. The van der Waals surface area contributed by atoms with Gasteiger partial charge in [-0.3, -0.25) is 0 Å². The molecule has 0 saturated carbocycles. The van der Waals surface area contributed by atoms with E-state index in [2.05, 4.69) is 43.8 Å². The van der Waals surface area contributed by atoms with Gasteiger partial charge < -0.3 is 4.90 Å². The van der Waals surface area contributed by atoms with E-state index in [1.54, 1.807) is 12.3 Å². The molecule has 0 bridgehead atoms. The molecule has 0 unspecified atom stereocenters. The second kappa shape index (κ2) is 14.3. The quantitative estimate of drug-likeness (QED) is 0.139. The maximum absolute atomic E-state index is 4.37. The highest BCUT2D eigenvalue weighted by Crippen LogP contribution is 2.28. The Bertz CT molecular complexity index is 343. The van der Waals surface area contributed by atoms with E-state index in [1.165, 1.54) is 64.2 Å². The molecule has 0 aliphatic carbocycles. The van der Waals surface area contributed by atoms with Gasteiger partial charge in [0.25, 0.3) is 0 Å². The summed E-state index contributed by atoms with van der Waals surface area (Å²) in [6.07, 6.45) is 22.0. The zero-order valence-electron chi connectivity index (χ0n) is 15.8. The van der Waals surface area contributed by atoms with Crippen molar-refractivity contribution in [3.8, 4) is 0 Å². The molecule has 0 aromatic carbocycles. The van der Waals surface area contributed by atoms with Crippen LogP contribution in [0.4, 0.5) is 0 Å². The second-order valence-electron chi connectivity index (χ2n) is 6.55. The molecule has 0 radical (unpaired) electrons. The van der Waals surface area contributed by atoms with Crippen molar-refractivity contribution in [2.45, 2.75) is 90.5 Å². The van der Waals surface area contributed by atoms with Crippen LogP contribution in [0.3, 0.4) is 0 Å². The van der Waals surface area contributed by atoms with Crippen LogP contribution in [0.2, 0.25) is 0 Å². The van der Waals surface area contributed by atoms with Gasteiger partial charge in [-0.2, -0.15) is 0 Å². The maximum Gasteiger partial charge on any atom is 0.0949 e. The van der Waals surface area contributed by atoms with Crippen molar-refractivity contribution in [3.63, 3.8) is 0 Å². The van der Waals surface area contributed by atoms with Crippen LogP contribution in [0.5, 0.6) is 0 Å². The van der Waals surface area contributed by atoms with Crippen molar-refractivity contribution in [2.75, 3.05) is 0 Å². The fraction of sp³-hybridized carbons (Fsp3) is 0.667. The molecule has 23 heavy (non-hydrogen) atoms. The molecule has 0 rings (SSSR count). The molecular weight excluding hydrogens is 280 g/mol. The lowest BCUT2D eigenvalue weighted by Crippen LogP contribution is -2.42. The fourth-order valence-corrected chi connectivity index (χ4v) is 2.88. The van der Waals surface area contributed by atoms with Gasteiger partial charge in [0.2, 0.25) is 0 Å². The molecule has 2 nitrogen and oxygen atoms in total. The third kappa shape index (κ3) is 10.1. The summed E-state index contributed by atoms with van der Waals surface area (Å²) in [7, 11) is 0. The van der Waals surface area contributed by atoms with Gasteiger partial charge in [-0.1, -0.05) is 84.4 Å². The van der Waals surface area contributed by atoms with Gasteiger partial charge in [0.1, 0.15) is 0 Å². The SMILES string of the molecule is C=C/C=C\N=CN(C=C)C(C)(CCCCCC)CCCCCC. The number of hydrogen-bond donors (Lipinski definition) is 0. The van der Waals surface area contributed by atoms with Gasteiger partial charge in [0, 0.05) is 11.7 Å². The smallest absolute Gasteiger partial charge is 0.0949 e. The van der Waals surface area contributed by atoms with E-state index in [1.807, 2.05) is 18.6 Å². The van der Waals surface area contributed by atoms with E-state index in [0.29, 0.717) is 0 Å². The Morgan fingerprint density at radius 3 is 1.91 bits per heavy atom. The first-order valence-corrected chi connectivity index (χ1v) is 9.36. The molecule has 0 spiro atoms. The average Bonchev–Trinajstić information content (AvgIpc) is 2.56. The predicted molar refractivity (Wildman–Crippen MR) is 106 cm³/mol. The largest absolute Gasteiger partial charge is 0.334 e. The van der Waals surface area contributed by atoms with Gasteiger partial charge in [-0.05, 0) is 32.0 Å². The van der Waals surface area contributed by atoms with E-state index in [-0.39, 0.29) is 5.54 Å². The van der Waals surface area contributed by atoms with Crippen molar-refractivity contribution in [1.29, 1.82) is 0 Å². The minimum absolute atomic E-state index is 0.120. The zero-order valence-corrected chi connectivity index (χ0v) is 15.8. The third-order valence-electron chi connectivity index (χ3n) is 4.46. The van der Waals surface area contributed by atoms with Crippen LogP contribution in [-0.4, -0.2) is 16.8 Å². The minimum atomic E-state index is 0.120. The molecule has 0 saturated heterocycles. The molecule has 0 aromatic heterocycles. The summed E-state index contributed by atoms with van der Waals surface area (Å²) in [4.78, 5) is 6.57. The Morgan fingerprint density at radius 1 is 0.913 bits per heavy atom. The molecule has 2 heteroatoms. The lowest BCUT2D eigenvalue weighted by Gasteiger charge is -2.38. The first kappa shape index (κ1) is 21.7. The molecule has 0 atom stereocenters. The highest BCUT2D eigenvalue weighted by molar-refractivity contribution is 5.58. The summed E-state index contributed by atoms with van der Waals surface area (Å²) in [5.74, 6) is 0. The zero-order chi connectivity index (χ0) is 17.4. The van der Waals surface area contributed by atoms with E-state index in [4.69, 9.17) is 0 Å². The highest BCUT2D eigenvalue weighted by atomic mass is 15.2. The Balaban J connectivity index is 4.79. The van der Waals surface area contributed by atoms with Crippen molar-refractivity contribution in [2.24, 2.45) is 4.99 Å². The Morgan fingerprint density at radius 2 is 1.48 bits per heavy atom. The number of nitrogens with zero attached hydrogens (tertiary/aromatic N) is 2. The van der Waals surface area contributed by atoms with Crippen molar-refractivity contribution in [3.05, 3.63) is 37.7 Å². The fourth-order valence-electron chi connectivity index (χ4n) is 2.88. The highest BCUT2D eigenvalue weighted by Gasteiger charge is 2.27. The van der Waals surface area contributed by atoms with Crippen LogP contribution in [0.15, 0.2) is 42.7 Å². The van der Waals surface area contributed by atoms with Gasteiger partial charge in [0.05, 0.1) is 6.34 Å². The first-order chi connectivity index (χ1) is 11.1. The number of unbranched alkanes of at least 4 members (excludes halogenated alkanes) is 6. The lowest BCUT2D eigenvalue weighted by atomic mass is 9.87. The summed E-state index contributed by atoms with van der Waals surface area (Å²) in [5.41, 5.74) is 0.120. The standard InChI is InChI=1S/C21H38N2/c1-6-10-13-15-17-21(5,18-16-14-11-7-2)23(9-4)20-22-19-12-8-3/h8-9,12,19-20H,3-4,6-7,10-11,13-18H2,1-2,5H3/b19-12-,22-20?. The molecular formula is C21H38N2. The predicted octanol–water partition coefficient (Wildman–Crippen LogP) is 6.86. The van der Waals surface area contributed by atoms with Crippen LogP contribution in [0.1, 0.15) is 85.0 Å². The van der Waals surface area contributed by atoms with E-state index >= 15 is 0 Å². The van der Waals surface area contributed by atoms with Gasteiger partial charge in [-0.15, -0.1) is 0 Å². The molecule has 0 aliphatic rings. The number of hydrogen-bond acceptors (Lipinski definition) is 1. The summed E-state index contributed by atoms with van der Waals surface area (Å²) in [5, 5.41) is 0. The Labute approximate surface area is 145 Å². The molecule has 132 valence electrons. The summed E-state index contributed by atoms with van der Waals surface area (Å²) >= 11 is 0. The van der Waals surface area contributed by atoms with Gasteiger partial charge in [0.15, 0.2) is 0 Å². The van der Waals surface area contributed by atoms with Crippen LogP contribution in [-0.2, 0) is 0 Å². The van der Waals surface area contributed by atoms with Crippen molar-refractivity contribution in [1.82, 2.24) is 4.90 Å². The van der Waals surface area contributed by atoms with Gasteiger partial charge in [-0.25, -0.2) is 4.99 Å². The molecule has 0 aliphatic heterocycles. The van der Waals surface area contributed by atoms with Crippen LogP contribution in [0.25, 0.3) is 0 Å². The lowest BCUT2D eigenvalue weighted by molar-refractivity contribution is 0.211. The topological polar surface area (TPSA) is 15.6 Å². The molecule has 0 N–H and O–H groups in total. The third-order valence-corrected chi connectivity index (χ3v) is 4.46. The van der Waals surface area contributed by atoms with Crippen LogP contribution >= 0.6 is 0 Å². The molecule has 0 heterocycles. The van der Waals surface area contributed by atoms with Crippen molar-refractivity contribution >= 4 is 6.34 Å². The molecule has 0 fully saturated rings. The van der Waals surface area contributed by atoms with Gasteiger partial charge >= 0.3 is 0 Å². The average molecular weight is 319 g/mol. The van der Waals surface area contributed by atoms with E-state index in [9.17, 15) is 0 Å². The summed E-state index contributed by atoms with van der Waals surface area (Å²) in [6.45, 7) is 14.6. The number of rotatable bonds is 15. The Kier molecular flexibility index (Phi) is 13.5. The van der Waals surface area contributed by atoms with Crippen LogP contribution < -0.4 is 0 Å². The maximum atomic E-state index is 4.37. The van der Waals surface area contributed by atoms with E-state index < -0.39 is 0 Å². The molecule has 0 aromatic rings. The summed E-state index contributed by atoms with van der Waals surface area (Å²) in [6, 6.07) is 0. The van der Waals surface area contributed by atoms with Crippen LogP contribution in [0, 0.1) is 0 Å². The number of allylic oxidation sites excluding steroid dienone is 2. The van der Waals surface area contributed by atoms with Crippen molar-refractivity contribution < 1.29 is 0 Å². The Hall–Kier alpha value is -1.31. The number of aliphatic imine (C=N–C) groups is 1. The molecule has 0 amide bonds. The first-order valence-electron chi connectivity index (χ1n) is 9.36. The van der Waals surface area contributed by atoms with E-state index in [0.717, 1.165) is 0 Å². The monoisotopic (exact) mass is 318 g/mol. The summed E-state index contributed by atoms with van der Waals surface area (Å²) < 4.78 is 0. The second-order valence-corrected chi connectivity index (χ2v) is 6.55.